The number of alkyl halides is 1. The van der Waals surface area contributed by atoms with Gasteiger partial charge in [0.1, 0.15) is 6.67 Å². The molecule has 0 aliphatic carbocycles. The summed E-state index contributed by atoms with van der Waals surface area (Å²) < 4.78 is 23.4. The van der Waals surface area contributed by atoms with Crippen molar-refractivity contribution < 1.29 is 18.7 Å². The van der Waals surface area contributed by atoms with Crippen molar-refractivity contribution >= 4 is 11.9 Å². The van der Waals surface area contributed by atoms with Crippen LogP contribution in [0.25, 0.3) is 0 Å². The number of hydrogen-bond acceptors (Lipinski definition) is 6. The standard InChI is InChI=1S/C17H25FN4O3/c1-24-13-12-14(25-2)20-16(19-13)21-9-3-5-17(7-10-21)6-4-15(23)22(17)11-8-18/h12H,3-11H2,1-2H3. The minimum absolute atomic E-state index is 0.0744. The molecule has 2 aliphatic heterocycles. The third-order valence-corrected chi connectivity index (χ3v) is 5.27. The van der Waals surface area contributed by atoms with Gasteiger partial charge in [-0.05, 0) is 25.7 Å². The van der Waals surface area contributed by atoms with E-state index in [1.165, 1.54) is 0 Å². The Morgan fingerprint density at radius 3 is 2.52 bits per heavy atom. The molecule has 138 valence electrons. The SMILES string of the molecule is COc1cc(OC)nc(N2CCCC3(CCC(=O)N3CCF)CC2)n1. The largest absolute Gasteiger partial charge is 0.481 e. The molecule has 0 saturated carbocycles. The number of carbonyl (C=O) groups excluding carboxylic acids is 1. The third-order valence-electron chi connectivity index (χ3n) is 5.27. The summed E-state index contributed by atoms with van der Waals surface area (Å²) >= 11 is 0. The Morgan fingerprint density at radius 1 is 1.16 bits per heavy atom. The first-order valence-electron chi connectivity index (χ1n) is 8.70. The quantitative estimate of drug-likeness (QED) is 0.805. The third kappa shape index (κ3) is 3.48. The van der Waals surface area contributed by atoms with Crippen LogP contribution in [0.1, 0.15) is 32.1 Å². The summed E-state index contributed by atoms with van der Waals surface area (Å²) in [5, 5.41) is 0. The Kier molecular flexibility index (Phi) is 5.24. The predicted molar refractivity (Wildman–Crippen MR) is 90.9 cm³/mol. The number of hydrogen-bond donors (Lipinski definition) is 0. The van der Waals surface area contributed by atoms with Crippen LogP contribution in [0.2, 0.25) is 0 Å². The molecule has 0 N–H and O–H groups in total. The number of likely N-dealkylation sites (tertiary alicyclic amines) is 1. The van der Waals surface area contributed by atoms with Crippen LogP contribution < -0.4 is 14.4 Å². The fourth-order valence-corrected chi connectivity index (χ4v) is 3.96. The lowest BCUT2D eigenvalue weighted by atomic mass is 9.88. The highest BCUT2D eigenvalue weighted by Gasteiger charge is 2.45. The molecule has 1 spiro atoms. The minimum Gasteiger partial charge on any atom is -0.481 e. The van der Waals surface area contributed by atoms with Crippen molar-refractivity contribution in [2.75, 3.05) is 45.4 Å². The molecule has 1 atom stereocenters. The molecule has 3 rings (SSSR count). The summed E-state index contributed by atoms with van der Waals surface area (Å²) in [6.45, 7) is 1.21. The van der Waals surface area contributed by atoms with Crippen molar-refractivity contribution in [3.63, 3.8) is 0 Å². The second kappa shape index (κ2) is 7.41. The van der Waals surface area contributed by atoms with Gasteiger partial charge in [-0.3, -0.25) is 4.79 Å². The van der Waals surface area contributed by atoms with E-state index >= 15 is 0 Å². The summed E-state index contributed by atoms with van der Waals surface area (Å²) in [5.41, 5.74) is -0.221. The highest BCUT2D eigenvalue weighted by molar-refractivity contribution is 5.79. The molecule has 8 heteroatoms. The average molecular weight is 352 g/mol. The van der Waals surface area contributed by atoms with Crippen LogP contribution in [0, 0.1) is 0 Å². The highest BCUT2D eigenvalue weighted by Crippen LogP contribution is 2.39. The molecule has 1 aromatic heterocycles. The van der Waals surface area contributed by atoms with E-state index in [-0.39, 0.29) is 18.0 Å². The maximum absolute atomic E-state index is 12.9. The molecule has 0 aromatic carbocycles. The molecule has 7 nitrogen and oxygen atoms in total. The number of amides is 1. The zero-order valence-corrected chi connectivity index (χ0v) is 14.8. The Bertz CT molecular complexity index is 608. The lowest BCUT2D eigenvalue weighted by Crippen LogP contribution is -2.47. The van der Waals surface area contributed by atoms with Gasteiger partial charge in [0.25, 0.3) is 0 Å². The van der Waals surface area contributed by atoms with Gasteiger partial charge in [-0.1, -0.05) is 0 Å². The second-order valence-electron chi connectivity index (χ2n) is 6.55. The van der Waals surface area contributed by atoms with E-state index in [0.717, 1.165) is 32.2 Å². The van der Waals surface area contributed by atoms with Crippen molar-refractivity contribution in [2.24, 2.45) is 0 Å². The Morgan fingerprint density at radius 2 is 1.88 bits per heavy atom. The maximum Gasteiger partial charge on any atom is 0.231 e. The van der Waals surface area contributed by atoms with Gasteiger partial charge in [0.2, 0.25) is 23.6 Å². The molecule has 3 heterocycles. The van der Waals surface area contributed by atoms with Crippen LogP contribution in [-0.4, -0.2) is 66.8 Å². The van der Waals surface area contributed by atoms with Gasteiger partial charge in [-0.25, -0.2) is 4.39 Å². The molecule has 2 fully saturated rings. The van der Waals surface area contributed by atoms with Crippen molar-refractivity contribution in [3.8, 4) is 11.8 Å². The first kappa shape index (κ1) is 17.7. The van der Waals surface area contributed by atoms with Crippen molar-refractivity contribution in [1.82, 2.24) is 14.9 Å². The van der Waals surface area contributed by atoms with Crippen molar-refractivity contribution in [3.05, 3.63) is 6.07 Å². The van der Waals surface area contributed by atoms with E-state index < -0.39 is 6.67 Å². The van der Waals surface area contributed by atoms with Gasteiger partial charge < -0.3 is 19.3 Å². The van der Waals surface area contributed by atoms with Gasteiger partial charge in [0.15, 0.2) is 0 Å². The lowest BCUT2D eigenvalue weighted by molar-refractivity contribution is -0.131. The highest BCUT2D eigenvalue weighted by atomic mass is 19.1. The van der Waals surface area contributed by atoms with Gasteiger partial charge in [-0.2, -0.15) is 9.97 Å². The maximum atomic E-state index is 12.9. The van der Waals surface area contributed by atoms with Crippen LogP contribution in [-0.2, 0) is 4.79 Å². The molecule has 2 aliphatic rings. The average Bonchev–Trinajstić information content (AvgIpc) is 2.82. The molecule has 1 unspecified atom stereocenters. The normalized spacial score (nSPS) is 23.9. The van der Waals surface area contributed by atoms with E-state index in [0.29, 0.717) is 30.7 Å². The molecule has 1 aromatic rings. The topological polar surface area (TPSA) is 67.8 Å². The van der Waals surface area contributed by atoms with Gasteiger partial charge in [-0.15, -0.1) is 0 Å². The number of aromatic nitrogens is 2. The summed E-state index contributed by atoms with van der Waals surface area (Å²) in [7, 11) is 3.11. The zero-order chi connectivity index (χ0) is 17.9. The monoisotopic (exact) mass is 352 g/mol. The molecular weight excluding hydrogens is 327 g/mol. The van der Waals surface area contributed by atoms with Crippen LogP contribution in [0.5, 0.6) is 11.8 Å². The number of anilines is 1. The number of nitrogens with zero attached hydrogens (tertiary/aromatic N) is 4. The lowest BCUT2D eigenvalue weighted by Gasteiger charge is -2.37. The van der Waals surface area contributed by atoms with E-state index in [1.807, 2.05) is 0 Å². The van der Waals surface area contributed by atoms with Crippen LogP contribution in [0.15, 0.2) is 6.07 Å². The summed E-state index contributed by atoms with van der Waals surface area (Å²) in [6, 6.07) is 1.64. The Hall–Kier alpha value is -2.12. The molecule has 0 radical (unpaired) electrons. The smallest absolute Gasteiger partial charge is 0.231 e. The number of ether oxygens (including phenoxy) is 2. The molecule has 1 amide bonds. The zero-order valence-electron chi connectivity index (χ0n) is 14.8. The van der Waals surface area contributed by atoms with Crippen molar-refractivity contribution in [1.29, 1.82) is 0 Å². The molecule has 2 saturated heterocycles. The summed E-state index contributed by atoms with van der Waals surface area (Å²) in [6.07, 6.45) is 3.91. The fourth-order valence-electron chi connectivity index (χ4n) is 3.96. The molecule has 0 bridgehead atoms. The van der Waals surface area contributed by atoms with Crippen LogP contribution >= 0.6 is 0 Å². The van der Waals surface area contributed by atoms with Crippen LogP contribution in [0.4, 0.5) is 10.3 Å². The predicted octanol–water partition coefficient (Wildman–Crippen LogP) is 1.81. The summed E-state index contributed by atoms with van der Waals surface area (Å²) in [4.78, 5) is 24.9. The van der Waals surface area contributed by atoms with E-state index in [4.69, 9.17) is 9.47 Å². The number of methoxy groups -OCH3 is 2. The summed E-state index contributed by atoms with van der Waals surface area (Å²) in [5.74, 6) is 1.55. The number of halogens is 1. The molecule has 25 heavy (non-hydrogen) atoms. The van der Waals surface area contributed by atoms with Crippen LogP contribution in [0.3, 0.4) is 0 Å². The van der Waals surface area contributed by atoms with Gasteiger partial charge >= 0.3 is 0 Å². The first-order chi connectivity index (χ1) is 12.1. The number of rotatable bonds is 5. The Labute approximate surface area is 147 Å². The number of carbonyl (C=O) groups is 1. The second-order valence-corrected chi connectivity index (χ2v) is 6.55. The van der Waals surface area contributed by atoms with Gasteiger partial charge in [0, 0.05) is 31.6 Å². The fraction of sp³-hybridized carbons (Fsp3) is 0.706. The van der Waals surface area contributed by atoms with Gasteiger partial charge in [0.05, 0.1) is 20.3 Å². The Balaban J connectivity index is 1.79. The minimum atomic E-state index is -0.493. The van der Waals surface area contributed by atoms with E-state index in [9.17, 15) is 9.18 Å². The van der Waals surface area contributed by atoms with E-state index in [1.54, 1.807) is 25.2 Å². The molecular formula is C17H25FN4O3. The first-order valence-corrected chi connectivity index (χ1v) is 8.70. The van der Waals surface area contributed by atoms with E-state index in [2.05, 4.69) is 14.9 Å². The van der Waals surface area contributed by atoms with Crippen molar-refractivity contribution in [2.45, 2.75) is 37.6 Å².